The summed E-state index contributed by atoms with van der Waals surface area (Å²) in [6.07, 6.45) is 0.197. The molecule has 0 aliphatic carbocycles. The minimum absolute atomic E-state index is 0.210. The normalized spacial score (nSPS) is 17.8. The van der Waals surface area contributed by atoms with Gasteiger partial charge in [-0.3, -0.25) is 4.79 Å². The fourth-order valence-electron chi connectivity index (χ4n) is 2.82. The lowest BCUT2D eigenvalue weighted by Gasteiger charge is -2.28. The van der Waals surface area contributed by atoms with E-state index in [-0.39, 0.29) is 11.9 Å². The number of carbonyl (C=O) groups is 1. The van der Waals surface area contributed by atoms with Crippen LogP contribution < -0.4 is 5.73 Å². The van der Waals surface area contributed by atoms with Crippen molar-refractivity contribution in [2.24, 2.45) is 10.4 Å². The van der Waals surface area contributed by atoms with Crippen LogP contribution in [0.4, 0.5) is 10.1 Å². The van der Waals surface area contributed by atoms with E-state index in [0.717, 1.165) is 28.7 Å². The highest BCUT2D eigenvalue weighted by atomic mass is 19.1. The quantitative estimate of drug-likeness (QED) is 0.668. The summed E-state index contributed by atoms with van der Waals surface area (Å²) < 4.78 is 13.1. The molecular formula is C18H20FN5O. The molecule has 6 nitrogen and oxygen atoms in total. The zero-order chi connectivity index (χ0) is 18.0. The fourth-order valence-corrected chi connectivity index (χ4v) is 2.82. The number of benzene rings is 2. The number of aryl methyl sites for hydroxylation is 1. The van der Waals surface area contributed by atoms with Crippen LogP contribution in [0, 0.1) is 12.7 Å². The third-order valence-electron chi connectivity index (χ3n) is 4.38. The van der Waals surface area contributed by atoms with Crippen molar-refractivity contribution in [2.45, 2.75) is 32.6 Å². The van der Waals surface area contributed by atoms with Gasteiger partial charge < -0.3 is 5.73 Å². The van der Waals surface area contributed by atoms with Gasteiger partial charge in [-0.25, -0.2) is 14.4 Å². The molecule has 0 amide bonds. The average molecular weight is 341 g/mol. The maximum absolute atomic E-state index is 13.1. The van der Waals surface area contributed by atoms with E-state index in [0.29, 0.717) is 6.54 Å². The average Bonchev–Trinajstić information content (AvgIpc) is 3.00. The largest absolute Gasteiger partial charge is 0.399 e. The molecule has 130 valence electrons. The van der Waals surface area contributed by atoms with Crippen LogP contribution in [0.15, 0.2) is 52.9 Å². The monoisotopic (exact) mass is 341 g/mol. The number of hydrogen-bond acceptors (Lipinski definition) is 6. The second-order valence-electron chi connectivity index (χ2n) is 6.12. The Balaban J connectivity index is 1.76. The van der Waals surface area contributed by atoms with Gasteiger partial charge in [0, 0.05) is 5.69 Å². The second kappa shape index (κ2) is 6.88. The first kappa shape index (κ1) is 16.9. The first-order valence-corrected chi connectivity index (χ1v) is 8.02. The molecule has 0 radical (unpaired) electrons. The van der Waals surface area contributed by atoms with E-state index in [9.17, 15) is 9.18 Å². The zero-order valence-electron chi connectivity index (χ0n) is 14.1. The minimum atomic E-state index is -0.613. The molecule has 0 saturated carbocycles. The molecule has 2 aromatic carbocycles. The first-order chi connectivity index (χ1) is 12.0. The van der Waals surface area contributed by atoms with Gasteiger partial charge in [0.1, 0.15) is 5.82 Å². The van der Waals surface area contributed by atoms with Gasteiger partial charge in [0.2, 0.25) is 0 Å². The van der Waals surface area contributed by atoms with Gasteiger partial charge in [-0.2, -0.15) is 0 Å². The van der Waals surface area contributed by atoms with Crippen molar-refractivity contribution in [1.82, 2.24) is 10.0 Å². The standard InChI is InChI=1S/C18H20FN5O/c1-12-9-14(3-8-17(12)20)10-23-18(11-25)24(22-21-23)13(2)15-4-6-16(19)7-5-15/h3-9,11,13,18H,10,20H2,1-2H3. The van der Waals surface area contributed by atoms with Crippen LogP contribution in [0.3, 0.4) is 0 Å². The number of aldehydes is 1. The Morgan fingerprint density at radius 3 is 2.60 bits per heavy atom. The summed E-state index contributed by atoms with van der Waals surface area (Å²) in [5.74, 6) is -0.300. The van der Waals surface area contributed by atoms with E-state index in [1.54, 1.807) is 22.2 Å². The Morgan fingerprint density at radius 1 is 1.24 bits per heavy atom. The molecule has 0 spiro atoms. The highest BCUT2D eigenvalue weighted by Crippen LogP contribution is 2.29. The summed E-state index contributed by atoms with van der Waals surface area (Å²) in [4.78, 5) is 11.6. The van der Waals surface area contributed by atoms with Crippen molar-refractivity contribution in [3.63, 3.8) is 0 Å². The lowest BCUT2D eigenvalue weighted by molar-refractivity contribution is -0.117. The number of rotatable bonds is 5. The predicted octanol–water partition coefficient (Wildman–Crippen LogP) is 3.40. The Labute approximate surface area is 145 Å². The Hall–Kier alpha value is -2.96. The van der Waals surface area contributed by atoms with E-state index in [2.05, 4.69) is 10.4 Å². The summed E-state index contributed by atoms with van der Waals surface area (Å²) in [6.45, 7) is 4.28. The summed E-state index contributed by atoms with van der Waals surface area (Å²) in [5, 5.41) is 11.5. The van der Waals surface area contributed by atoms with E-state index in [4.69, 9.17) is 5.73 Å². The Kier molecular flexibility index (Phi) is 4.65. The van der Waals surface area contributed by atoms with Gasteiger partial charge in [-0.1, -0.05) is 34.7 Å². The van der Waals surface area contributed by atoms with Gasteiger partial charge >= 0.3 is 0 Å². The topological polar surface area (TPSA) is 74.3 Å². The lowest BCUT2D eigenvalue weighted by Crippen LogP contribution is -2.40. The number of nitrogens with two attached hydrogens (primary N) is 1. The lowest BCUT2D eigenvalue weighted by atomic mass is 10.1. The molecule has 2 aromatic rings. The van der Waals surface area contributed by atoms with Crippen molar-refractivity contribution in [3.05, 3.63) is 65.0 Å². The molecule has 0 fully saturated rings. The molecule has 1 heterocycles. The molecule has 25 heavy (non-hydrogen) atoms. The number of nitrogen functional groups attached to an aromatic ring is 1. The molecule has 0 bridgehead atoms. The van der Waals surface area contributed by atoms with Crippen LogP contribution in [0.2, 0.25) is 0 Å². The molecule has 2 unspecified atom stereocenters. The Morgan fingerprint density at radius 2 is 1.96 bits per heavy atom. The smallest absolute Gasteiger partial charge is 0.194 e. The maximum atomic E-state index is 13.1. The molecule has 1 aliphatic heterocycles. The van der Waals surface area contributed by atoms with Gasteiger partial charge in [0.25, 0.3) is 0 Å². The predicted molar refractivity (Wildman–Crippen MR) is 92.5 cm³/mol. The molecular weight excluding hydrogens is 321 g/mol. The molecule has 1 aliphatic rings. The third-order valence-corrected chi connectivity index (χ3v) is 4.38. The van der Waals surface area contributed by atoms with Crippen LogP contribution >= 0.6 is 0 Å². The highest BCUT2D eigenvalue weighted by molar-refractivity contribution is 5.57. The summed E-state index contributed by atoms with van der Waals surface area (Å²) in [7, 11) is 0. The summed E-state index contributed by atoms with van der Waals surface area (Å²) in [6, 6.07) is 11.7. The summed E-state index contributed by atoms with van der Waals surface area (Å²) >= 11 is 0. The van der Waals surface area contributed by atoms with Gasteiger partial charge in [0.15, 0.2) is 12.5 Å². The van der Waals surface area contributed by atoms with Crippen LogP contribution in [0.5, 0.6) is 0 Å². The van der Waals surface area contributed by atoms with E-state index in [1.807, 2.05) is 32.0 Å². The number of nitrogens with zero attached hydrogens (tertiary/aromatic N) is 4. The molecule has 2 atom stereocenters. The van der Waals surface area contributed by atoms with E-state index >= 15 is 0 Å². The molecule has 2 N–H and O–H groups in total. The number of halogens is 1. The van der Waals surface area contributed by atoms with Crippen LogP contribution in [0.1, 0.15) is 29.7 Å². The fraction of sp³-hybridized carbons (Fsp3) is 0.278. The van der Waals surface area contributed by atoms with Crippen molar-refractivity contribution < 1.29 is 9.18 Å². The molecule has 3 rings (SSSR count). The maximum Gasteiger partial charge on any atom is 0.194 e. The summed E-state index contributed by atoms with van der Waals surface area (Å²) in [5.41, 5.74) is 9.40. The molecule has 0 saturated heterocycles. The second-order valence-corrected chi connectivity index (χ2v) is 6.12. The van der Waals surface area contributed by atoms with E-state index in [1.165, 1.54) is 12.1 Å². The molecule has 0 aromatic heterocycles. The van der Waals surface area contributed by atoms with Gasteiger partial charge in [-0.05, 0) is 48.7 Å². The third kappa shape index (κ3) is 3.45. The Bertz CT molecular complexity index is 793. The van der Waals surface area contributed by atoms with Crippen molar-refractivity contribution in [2.75, 3.05) is 5.73 Å². The molecule has 7 heteroatoms. The van der Waals surface area contributed by atoms with E-state index < -0.39 is 6.17 Å². The van der Waals surface area contributed by atoms with Gasteiger partial charge in [-0.15, -0.1) is 0 Å². The van der Waals surface area contributed by atoms with Gasteiger partial charge in [0.05, 0.1) is 12.6 Å². The zero-order valence-corrected chi connectivity index (χ0v) is 14.1. The number of carbonyl (C=O) groups excluding carboxylic acids is 1. The number of hydrogen-bond donors (Lipinski definition) is 1. The highest BCUT2D eigenvalue weighted by Gasteiger charge is 2.33. The van der Waals surface area contributed by atoms with Crippen LogP contribution in [0.25, 0.3) is 0 Å². The SMILES string of the molecule is Cc1cc(CN2N=NN(C(C)c3ccc(F)cc3)C2C=O)ccc1N. The van der Waals surface area contributed by atoms with Crippen molar-refractivity contribution >= 4 is 12.0 Å². The van der Waals surface area contributed by atoms with Crippen LogP contribution in [-0.4, -0.2) is 22.5 Å². The van der Waals surface area contributed by atoms with Crippen molar-refractivity contribution in [3.8, 4) is 0 Å². The van der Waals surface area contributed by atoms with Crippen LogP contribution in [-0.2, 0) is 11.3 Å². The number of anilines is 1. The minimum Gasteiger partial charge on any atom is -0.399 e. The van der Waals surface area contributed by atoms with Crippen molar-refractivity contribution in [1.29, 1.82) is 0 Å². The first-order valence-electron chi connectivity index (χ1n) is 8.02.